The molecule has 0 aliphatic rings. The van der Waals surface area contributed by atoms with Crippen LogP contribution in [0.25, 0.3) is 11.5 Å². The summed E-state index contributed by atoms with van der Waals surface area (Å²) in [5.74, 6) is 1.14. The average molecular weight is 245 g/mol. The Balaban J connectivity index is 2.08. The van der Waals surface area contributed by atoms with E-state index >= 15 is 0 Å². The summed E-state index contributed by atoms with van der Waals surface area (Å²) >= 11 is 0. The SMILES string of the molecule is COCC(C)Cc1coc(-c2ccc(C)cc2)n1. The van der Waals surface area contributed by atoms with Gasteiger partial charge in [-0.05, 0) is 31.4 Å². The Labute approximate surface area is 108 Å². The molecule has 1 heterocycles. The fourth-order valence-electron chi connectivity index (χ4n) is 1.93. The number of benzene rings is 1. The molecule has 1 atom stereocenters. The lowest BCUT2D eigenvalue weighted by Gasteiger charge is -2.06. The van der Waals surface area contributed by atoms with Crippen molar-refractivity contribution in [3.05, 3.63) is 41.8 Å². The van der Waals surface area contributed by atoms with E-state index in [-0.39, 0.29) is 0 Å². The summed E-state index contributed by atoms with van der Waals surface area (Å²) in [5, 5.41) is 0. The first-order valence-electron chi connectivity index (χ1n) is 6.19. The Morgan fingerprint density at radius 3 is 2.67 bits per heavy atom. The molecule has 0 fully saturated rings. The molecular formula is C15H19NO2. The molecule has 0 saturated carbocycles. The van der Waals surface area contributed by atoms with Crippen LogP contribution in [-0.2, 0) is 11.2 Å². The first-order valence-corrected chi connectivity index (χ1v) is 6.19. The van der Waals surface area contributed by atoms with Crippen LogP contribution in [0.1, 0.15) is 18.2 Å². The first-order chi connectivity index (χ1) is 8.69. The van der Waals surface area contributed by atoms with Gasteiger partial charge in [0.05, 0.1) is 5.69 Å². The van der Waals surface area contributed by atoms with Crippen molar-refractivity contribution in [1.29, 1.82) is 0 Å². The van der Waals surface area contributed by atoms with Gasteiger partial charge in [-0.25, -0.2) is 4.98 Å². The quantitative estimate of drug-likeness (QED) is 0.809. The van der Waals surface area contributed by atoms with Crippen molar-refractivity contribution in [2.24, 2.45) is 5.92 Å². The predicted octanol–water partition coefficient (Wildman–Crippen LogP) is 3.48. The second-order valence-corrected chi connectivity index (χ2v) is 4.77. The van der Waals surface area contributed by atoms with Crippen LogP contribution in [0, 0.1) is 12.8 Å². The summed E-state index contributed by atoms with van der Waals surface area (Å²) in [6.45, 7) is 4.95. The highest BCUT2D eigenvalue weighted by Crippen LogP contribution is 2.20. The second kappa shape index (κ2) is 5.83. The van der Waals surface area contributed by atoms with Crippen molar-refractivity contribution >= 4 is 0 Å². The standard InChI is InChI=1S/C15H19NO2/c1-11-4-6-13(7-5-11)15-16-14(10-18-15)8-12(2)9-17-3/h4-7,10,12H,8-9H2,1-3H3. The highest BCUT2D eigenvalue weighted by Gasteiger charge is 2.09. The van der Waals surface area contributed by atoms with Crippen molar-refractivity contribution in [2.75, 3.05) is 13.7 Å². The van der Waals surface area contributed by atoms with Crippen LogP contribution >= 0.6 is 0 Å². The van der Waals surface area contributed by atoms with Crippen LogP contribution in [-0.4, -0.2) is 18.7 Å². The minimum atomic E-state index is 0.450. The molecule has 0 bridgehead atoms. The highest BCUT2D eigenvalue weighted by molar-refractivity contribution is 5.53. The van der Waals surface area contributed by atoms with Gasteiger partial charge in [-0.15, -0.1) is 0 Å². The monoisotopic (exact) mass is 245 g/mol. The lowest BCUT2D eigenvalue weighted by atomic mass is 10.1. The normalized spacial score (nSPS) is 12.6. The van der Waals surface area contributed by atoms with Crippen molar-refractivity contribution in [2.45, 2.75) is 20.3 Å². The molecule has 2 rings (SSSR count). The molecule has 1 aromatic heterocycles. The molecule has 0 amide bonds. The van der Waals surface area contributed by atoms with Gasteiger partial charge >= 0.3 is 0 Å². The Morgan fingerprint density at radius 1 is 1.28 bits per heavy atom. The number of aromatic nitrogens is 1. The van der Waals surface area contributed by atoms with Gasteiger partial charge in [0.15, 0.2) is 0 Å². The number of hydrogen-bond donors (Lipinski definition) is 0. The third kappa shape index (κ3) is 3.20. The topological polar surface area (TPSA) is 35.3 Å². The highest BCUT2D eigenvalue weighted by atomic mass is 16.5. The molecule has 0 aliphatic carbocycles. The molecule has 0 N–H and O–H groups in total. The number of rotatable bonds is 5. The van der Waals surface area contributed by atoms with Gasteiger partial charge in [-0.3, -0.25) is 0 Å². The maximum absolute atomic E-state index is 5.52. The van der Waals surface area contributed by atoms with Crippen LogP contribution < -0.4 is 0 Å². The molecular weight excluding hydrogens is 226 g/mol. The van der Waals surface area contributed by atoms with Gasteiger partial charge in [0.1, 0.15) is 6.26 Å². The zero-order chi connectivity index (χ0) is 13.0. The lowest BCUT2D eigenvalue weighted by Crippen LogP contribution is -2.07. The van der Waals surface area contributed by atoms with Gasteiger partial charge in [0.25, 0.3) is 0 Å². The van der Waals surface area contributed by atoms with Gasteiger partial charge < -0.3 is 9.15 Å². The fourth-order valence-corrected chi connectivity index (χ4v) is 1.93. The number of ether oxygens (including phenoxy) is 1. The van der Waals surface area contributed by atoms with E-state index in [1.807, 2.05) is 12.1 Å². The fraction of sp³-hybridized carbons (Fsp3) is 0.400. The molecule has 0 spiro atoms. The molecule has 0 aliphatic heterocycles. The van der Waals surface area contributed by atoms with Crippen molar-refractivity contribution in [3.8, 4) is 11.5 Å². The number of methoxy groups -OCH3 is 1. The van der Waals surface area contributed by atoms with Gasteiger partial charge in [-0.2, -0.15) is 0 Å². The summed E-state index contributed by atoms with van der Waals surface area (Å²) < 4.78 is 10.6. The maximum atomic E-state index is 5.52. The number of nitrogens with zero attached hydrogens (tertiary/aromatic N) is 1. The largest absolute Gasteiger partial charge is 0.444 e. The van der Waals surface area contributed by atoms with E-state index in [1.165, 1.54) is 5.56 Å². The second-order valence-electron chi connectivity index (χ2n) is 4.77. The first kappa shape index (κ1) is 12.8. The number of hydrogen-bond acceptors (Lipinski definition) is 3. The lowest BCUT2D eigenvalue weighted by molar-refractivity contribution is 0.159. The van der Waals surface area contributed by atoms with Crippen molar-refractivity contribution in [3.63, 3.8) is 0 Å². The predicted molar refractivity (Wildman–Crippen MR) is 71.4 cm³/mol. The smallest absolute Gasteiger partial charge is 0.226 e. The summed E-state index contributed by atoms with van der Waals surface area (Å²) in [6.07, 6.45) is 2.62. The summed E-state index contributed by atoms with van der Waals surface area (Å²) in [5.41, 5.74) is 3.24. The van der Waals surface area contributed by atoms with E-state index in [9.17, 15) is 0 Å². The Bertz CT molecular complexity index is 487. The maximum Gasteiger partial charge on any atom is 0.226 e. The van der Waals surface area contributed by atoms with Crippen LogP contribution in [0.5, 0.6) is 0 Å². The van der Waals surface area contributed by atoms with Gasteiger partial charge in [0.2, 0.25) is 5.89 Å². The molecule has 1 aromatic carbocycles. The van der Waals surface area contributed by atoms with Gasteiger partial charge in [-0.1, -0.05) is 24.6 Å². The van der Waals surface area contributed by atoms with E-state index in [0.717, 1.165) is 24.3 Å². The van der Waals surface area contributed by atoms with Crippen LogP contribution in [0.15, 0.2) is 34.9 Å². The molecule has 18 heavy (non-hydrogen) atoms. The Morgan fingerprint density at radius 2 is 2.00 bits per heavy atom. The van der Waals surface area contributed by atoms with Crippen molar-refractivity contribution < 1.29 is 9.15 Å². The third-order valence-electron chi connectivity index (χ3n) is 2.86. The summed E-state index contributed by atoms with van der Waals surface area (Å²) in [7, 11) is 1.72. The van der Waals surface area contributed by atoms with Crippen LogP contribution in [0.3, 0.4) is 0 Å². The van der Waals surface area contributed by atoms with Crippen molar-refractivity contribution in [1.82, 2.24) is 4.98 Å². The van der Waals surface area contributed by atoms with E-state index in [2.05, 4.69) is 31.0 Å². The van der Waals surface area contributed by atoms with Crippen LogP contribution in [0.4, 0.5) is 0 Å². The molecule has 0 radical (unpaired) electrons. The third-order valence-corrected chi connectivity index (χ3v) is 2.86. The average Bonchev–Trinajstić information content (AvgIpc) is 2.78. The molecule has 0 saturated heterocycles. The van der Waals surface area contributed by atoms with E-state index in [4.69, 9.17) is 9.15 Å². The minimum Gasteiger partial charge on any atom is -0.444 e. The van der Waals surface area contributed by atoms with E-state index < -0.39 is 0 Å². The molecule has 2 aromatic rings. The minimum absolute atomic E-state index is 0.450. The zero-order valence-corrected chi connectivity index (χ0v) is 11.1. The van der Waals surface area contributed by atoms with Gasteiger partial charge in [0, 0.05) is 19.3 Å². The Hall–Kier alpha value is -1.61. The van der Waals surface area contributed by atoms with E-state index in [0.29, 0.717) is 11.8 Å². The summed E-state index contributed by atoms with van der Waals surface area (Å²) in [6, 6.07) is 8.19. The number of aryl methyl sites for hydroxylation is 1. The van der Waals surface area contributed by atoms with Crippen LogP contribution in [0.2, 0.25) is 0 Å². The van der Waals surface area contributed by atoms with E-state index in [1.54, 1.807) is 13.4 Å². The molecule has 96 valence electrons. The molecule has 3 heteroatoms. The summed E-state index contributed by atoms with van der Waals surface area (Å²) in [4.78, 5) is 4.51. The number of oxazole rings is 1. The zero-order valence-electron chi connectivity index (χ0n) is 11.1. The molecule has 1 unspecified atom stereocenters. The Kier molecular flexibility index (Phi) is 4.15. The molecule has 3 nitrogen and oxygen atoms in total.